The van der Waals surface area contributed by atoms with Gasteiger partial charge in [0.25, 0.3) is 0 Å². The fourth-order valence-electron chi connectivity index (χ4n) is 1.27. The molecule has 0 spiro atoms. The topological polar surface area (TPSA) is 80.5 Å². The highest BCUT2D eigenvalue weighted by molar-refractivity contribution is 5.55. The quantitative estimate of drug-likeness (QED) is 0.730. The van der Waals surface area contributed by atoms with Gasteiger partial charge in [-0.15, -0.1) is 0 Å². The fraction of sp³-hybridized carbons (Fsp3) is 0.222. The molecule has 2 aromatic rings. The van der Waals surface area contributed by atoms with Crippen LogP contribution in [0.15, 0.2) is 24.4 Å². The summed E-state index contributed by atoms with van der Waals surface area (Å²) in [6, 6.07) is 5.69. The van der Waals surface area contributed by atoms with Crippen molar-refractivity contribution in [2.45, 2.75) is 6.42 Å². The highest BCUT2D eigenvalue weighted by Gasteiger charge is 2.09. The Labute approximate surface area is 81.4 Å². The van der Waals surface area contributed by atoms with E-state index in [9.17, 15) is 0 Å². The molecule has 0 fully saturated rings. The third kappa shape index (κ3) is 1.62. The van der Waals surface area contributed by atoms with Crippen molar-refractivity contribution >= 4 is 0 Å². The molecule has 0 aliphatic carbocycles. The van der Waals surface area contributed by atoms with E-state index in [2.05, 4.69) is 20.4 Å². The van der Waals surface area contributed by atoms with Gasteiger partial charge < -0.3 is 5.73 Å². The van der Waals surface area contributed by atoms with Crippen molar-refractivity contribution in [3.8, 4) is 11.4 Å². The molecule has 3 N–H and O–H groups in total. The van der Waals surface area contributed by atoms with Gasteiger partial charge in [-0.2, -0.15) is 15.4 Å². The molecule has 0 aliphatic heterocycles. The van der Waals surface area contributed by atoms with Crippen LogP contribution in [-0.2, 0) is 6.42 Å². The molecule has 0 saturated heterocycles. The van der Waals surface area contributed by atoms with Gasteiger partial charge in [-0.05, 0) is 18.7 Å². The van der Waals surface area contributed by atoms with Crippen LogP contribution in [0, 0.1) is 0 Å². The summed E-state index contributed by atoms with van der Waals surface area (Å²) in [5, 5.41) is 10.7. The van der Waals surface area contributed by atoms with Gasteiger partial charge in [0.15, 0.2) is 0 Å². The van der Waals surface area contributed by atoms with Crippen molar-refractivity contribution in [1.82, 2.24) is 20.4 Å². The van der Waals surface area contributed by atoms with Crippen molar-refractivity contribution in [3.63, 3.8) is 0 Å². The Balaban J connectivity index is 2.37. The number of rotatable bonds is 3. The number of H-pyrrole nitrogens is 1. The van der Waals surface area contributed by atoms with Gasteiger partial charge in [0, 0.05) is 12.6 Å². The first-order valence-electron chi connectivity index (χ1n) is 4.43. The molecule has 0 atom stereocenters. The molecule has 72 valence electrons. The Hall–Kier alpha value is -1.75. The van der Waals surface area contributed by atoms with E-state index in [1.807, 2.05) is 18.2 Å². The summed E-state index contributed by atoms with van der Waals surface area (Å²) < 4.78 is 0. The second-order valence-electron chi connectivity index (χ2n) is 2.87. The van der Waals surface area contributed by atoms with Crippen molar-refractivity contribution in [1.29, 1.82) is 0 Å². The van der Waals surface area contributed by atoms with Crippen LogP contribution in [0.4, 0.5) is 0 Å². The maximum absolute atomic E-state index is 5.46. The standard InChI is InChI=1S/C9H11N5/c10-5-4-8-9(13-14-12-8)7-3-1-2-6-11-7/h1-3,6H,4-5,10H2,(H,12,13,14). The van der Waals surface area contributed by atoms with Crippen LogP contribution in [0.2, 0.25) is 0 Å². The Kier molecular flexibility index (Phi) is 2.51. The van der Waals surface area contributed by atoms with Gasteiger partial charge in [-0.1, -0.05) is 6.07 Å². The van der Waals surface area contributed by atoms with Gasteiger partial charge in [-0.3, -0.25) is 4.98 Å². The lowest BCUT2D eigenvalue weighted by Crippen LogP contribution is -2.04. The molecular weight excluding hydrogens is 178 g/mol. The zero-order valence-corrected chi connectivity index (χ0v) is 7.64. The van der Waals surface area contributed by atoms with Crippen LogP contribution in [0.1, 0.15) is 5.69 Å². The van der Waals surface area contributed by atoms with E-state index in [0.29, 0.717) is 13.0 Å². The lowest BCUT2D eigenvalue weighted by atomic mass is 10.2. The summed E-state index contributed by atoms with van der Waals surface area (Å²) in [5.74, 6) is 0. The molecule has 2 aromatic heterocycles. The molecule has 0 saturated carbocycles. The van der Waals surface area contributed by atoms with Crippen molar-refractivity contribution in [2.75, 3.05) is 6.54 Å². The lowest BCUT2D eigenvalue weighted by molar-refractivity contribution is 0.877. The predicted octanol–water partition coefficient (Wildman–Crippen LogP) is 0.368. The van der Waals surface area contributed by atoms with E-state index in [1.54, 1.807) is 6.20 Å². The number of nitrogens with one attached hydrogen (secondary N) is 1. The van der Waals surface area contributed by atoms with Crippen LogP contribution in [0.3, 0.4) is 0 Å². The summed E-state index contributed by atoms with van der Waals surface area (Å²) in [7, 11) is 0. The van der Waals surface area contributed by atoms with Crippen LogP contribution < -0.4 is 5.73 Å². The Bertz CT molecular complexity index is 395. The number of hydrogen-bond acceptors (Lipinski definition) is 4. The smallest absolute Gasteiger partial charge is 0.134 e. The third-order valence-corrected chi connectivity index (χ3v) is 1.91. The van der Waals surface area contributed by atoms with Gasteiger partial charge in [0.1, 0.15) is 5.69 Å². The first-order valence-corrected chi connectivity index (χ1v) is 4.43. The highest BCUT2D eigenvalue weighted by atomic mass is 15.3. The Morgan fingerprint density at radius 2 is 2.21 bits per heavy atom. The highest BCUT2D eigenvalue weighted by Crippen LogP contribution is 2.15. The minimum Gasteiger partial charge on any atom is -0.330 e. The number of aromatic nitrogens is 4. The second-order valence-corrected chi connectivity index (χ2v) is 2.87. The van der Waals surface area contributed by atoms with Crippen LogP contribution in [-0.4, -0.2) is 26.9 Å². The van der Waals surface area contributed by atoms with Gasteiger partial charge in [0.05, 0.1) is 11.4 Å². The van der Waals surface area contributed by atoms with Gasteiger partial charge in [0.2, 0.25) is 0 Å². The Morgan fingerprint density at radius 1 is 1.29 bits per heavy atom. The largest absolute Gasteiger partial charge is 0.330 e. The van der Waals surface area contributed by atoms with E-state index in [-0.39, 0.29) is 0 Å². The van der Waals surface area contributed by atoms with Crippen molar-refractivity contribution in [2.24, 2.45) is 5.73 Å². The van der Waals surface area contributed by atoms with Crippen LogP contribution >= 0.6 is 0 Å². The second kappa shape index (κ2) is 3.97. The van der Waals surface area contributed by atoms with Crippen LogP contribution in [0.5, 0.6) is 0 Å². The first kappa shape index (κ1) is 8.83. The molecule has 5 nitrogen and oxygen atoms in total. The minimum absolute atomic E-state index is 0.562. The number of aromatic amines is 1. The lowest BCUT2D eigenvalue weighted by Gasteiger charge is -1.97. The van der Waals surface area contributed by atoms with Gasteiger partial charge in [-0.25, -0.2) is 0 Å². The van der Waals surface area contributed by atoms with Crippen LogP contribution in [0.25, 0.3) is 11.4 Å². The third-order valence-electron chi connectivity index (χ3n) is 1.91. The SMILES string of the molecule is NCCc1n[nH]nc1-c1ccccn1. The number of nitrogens with zero attached hydrogens (tertiary/aromatic N) is 3. The monoisotopic (exact) mass is 189 g/mol. The molecule has 0 aliphatic rings. The summed E-state index contributed by atoms with van der Waals surface area (Å²) in [6.45, 7) is 0.562. The minimum atomic E-state index is 0.562. The fourth-order valence-corrected chi connectivity index (χ4v) is 1.27. The molecule has 5 heteroatoms. The summed E-state index contributed by atoms with van der Waals surface area (Å²) >= 11 is 0. The predicted molar refractivity (Wildman–Crippen MR) is 52.4 cm³/mol. The molecule has 0 unspecified atom stereocenters. The van der Waals surface area contributed by atoms with E-state index in [0.717, 1.165) is 17.1 Å². The molecule has 0 bridgehead atoms. The molecule has 0 aromatic carbocycles. The normalized spacial score (nSPS) is 10.4. The molecule has 0 radical (unpaired) electrons. The number of nitrogens with two attached hydrogens (primary N) is 1. The Morgan fingerprint density at radius 3 is 2.93 bits per heavy atom. The number of pyridine rings is 1. The zero-order valence-electron chi connectivity index (χ0n) is 7.64. The van der Waals surface area contributed by atoms with Crippen molar-refractivity contribution < 1.29 is 0 Å². The molecule has 2 rings (SSSR count). The maximum atomic E-state index is 5.46. The van der Waals surface area contributed by atoms with Crippen molar-refractivity contribution in [3.05, 3.63) is 30.1 Å². The summed E-state index contributed by atoms with van der Waals surface area (Å²) in [5.41, 5.74) is 7.94. The van der Waals surface area contributed by atoms with E-state index in [1.165, 1.54) is 0 Å². The molecule has 0 amide bonds. The summed E-state index contributed by atoms with van der Waals surface area (Å²) in [4.78, 5) is 4.20. The maximum Gasteiger partial charge on any atom is 0.134 e. The van der Waals surface area contributed by atoms with E-state index >= 15 is 0 Å². The molecule has 14 heavy (non-hydrogen) atoms. The average molecular weight is 189 g/mol. The summed E-state index contributed by atoms with van der Waals surface area (Å²) in [6.07, 6.45) is 2.44. The van der Waals surface area contributed by atoms with E-state index in [4.69, 9.17) is 5.73 Å². The zero-order chi connectivity index (χ0) is 9.80. The van der Waals surface area contributed by atoms with Gasteiger partial charge >= 0.3 is 0 Å². The first-order chi connectivity index (χ1) is 6.92. The molecular formula is C9H11N5. The molecule has 2 heterocycles. The average Bonchev–Trinajstić information content (AvgIpc) is 2.68. The van der Waals surface area contributed by atoms with E-state index < -0.39 is 0 Å². The number of hydrogen-bond donors (Lipinski definition) is 2.